The summed E-state index contributed by atoms with van der Waals surface area (Å²) in [5.74, 6) is -1.51. The van der Waals surface area contributed by atoms with Crippen LogP contribution in [0.2, 0.25) is 5.02 Å². The Kier molecular flexibility index (Phi) is 4.67. The van der Waals surface area contributed by atoms with E-state index in [0.29, 0.717) is 16.0 Å². The number of rotatable bonds is 4. The number of esters is 1. The third kappa shape index (κ3) is 3.61. The number of carbonyl (C=O) groups is 2. The van der Waals surface area contributed by atoms with Crippen molar-refractivity contribution in [3.8, 4) is 0 Å². The van der Waals surface area contributed by atoms with E-state index in [4.69, 9.17) is 20.8 Å². The van der Waals surface area contributed by atoms with Crippen molar-refractivity contribution in [1.29, 1.82) is 0 Å². The maximum absolute atomic E-state index is 12.3. The van der Waals surface area contributed by atoms with Gasteiger partial charge in [0.25, 0.3) is 0 Å². The van der Waals surface area contributed by atoms with Gasteiger partial charge in [-0.15, -0.1) is 0 Å². The van der Waals surface area contributed by atoms with Crippen molar-refractivity contribution < 1.29 is 18.7 Å². The Morgan fingerprint density at radius 1 is 1.08 bits per heavy atom. The zero-order valence-corrected chi connectivity index (χ0v) is 13.9. The van der Waals surface area contributed by atoms with Crippen molar-refractivity contribution in [3.05, 3.63) is 81.2 Å². The molecule has 1 heterocycles. The normalized spacial score (nSPS) is 11.9. The lowest BCUT2D eigenvalue weighted by molar-refractivity contribution is 0.0289. The lowest BCUT2D eigenvalue weighted by atomic mass is 10.1. The van der Waals surface area contributed by atoms with Gasteiger partial charge in [0.15, 0.2) is 11.5 Å². The number of Topliss-reactive ketones (excluding diaryl/α,β-unsaturated/α-hetero) is 1. The van der Waals surface area contributed by atoms with Crippen molar-refractivity contribution in [2.75, 3.05) is 0 Å². The minimum Gasteiger partial charge on any atom is -0.449 e. The summed E-state index contributed by atoms with van der Waals surface area (Å²) in [6.07, 6.45) is -1.04. The molecule has 2 aromatic carbocycles. The van der Waals surface area contributed by atoms with Gasteiger partial charge >= 0.3 is 5.97 Å². The fourth-order valence-electron chi connectivity index (χ4n) is 2.33. The van der Waals surface area contributed by atoms with Gasteiger partial charge in [0.2, 0.25) is 11.5 Å². The molecular formula is C19H13ClO5. The highest BCUT2D eigenvalue weighted by atomic mass is 35.5. The average molecular weight is 357 g/mol. The molecule has 0 N–H and O–H groups in total. The SMILES string of the molecule is C[C@H](OC(=O)c1cc(=O)c2ccccc2o1)C(=O)c1ccc(Cl)cc1. The van der Waals surface area contributed by atoms with Crippen molar-refractivity contribution >= 4 is 34.3 Å². The van der Waals surface area contributed by atoms with Crippen LogP contribution in [0.1, 0.15) is 27.8 Å². The highest BCUT2D eigenvalue weighted by Gasteiger charge is 2.22. The van der Waals surface area contributed by atoms with Crippen LogP contribution in [0.3, 0.4) is 0 Å². The summed E-state index contributed by atoms with van der Waals surface area (Å²) < 4.78 is 10.5. The lowest BCUT2D eigenvalue weighted by Crippen LogP contribution is -2.25. The largest absolute Gasteiger partial charge is 0.449 e. The summed E-state index contributed by atoms with van der Waals surface area (Å²) in [7, 11) is 0. The summed E-state index contributed by atoms with van der Waals surface area (Å²) in [6.45, 7) is 1.45. The Morgan fingerprint density at radius 2 is 1.76 bits per heavy atom. The van der Waals surface area contributed by atoms with E-state index in [2.05, 4.69) is 0 Å². The number of para-hydroxylation sites is 1. The van der Waals surface area contributed by atoms with Crippen LogP contribution in [-0.4, -0.2) is 17.9 Å². The van der Waals surface area contributed by atoms with Gasteiger partial charge in [-0.1, -0.05) is 23.7 Å². The van der Waals surface area contributed by atoms with Crippen LogP contribution in [0.25, 0.3) is 11.0 Å². The topological polar surface area (TPSA) is 73.6 Å². The van der Waals surface area contributed by atoms with Crippen molar-refractivity contribution in [3.63, 3.8) is 0 Å². The number of ketones is 1. The molecule has 1 atom stereocenters. The van der Waals surface area contributed by atoms with Crippen LogP contribution >= 0.6 is 11.6 Å². The zero-order chi connectivity index (χ0) is 18.0. The van der Waals surface area contributed by atoms with E-state index in [1.54, 1.807) is 48.5 Å². The van der Waals surface area contributed by atoms with Gasteiger partial charge in [-0.2, -0.15) is 0 Å². The summed E-state index contributed by atoms with van der Waals surface area (Å²) in [4.78, 5) is 36.5. The minimum atomic E-state index is -1.04. The maximum atomic E-state index is 12.3. The predicted octanol–water partition coefficient (Wildman–Crippen LogP) is 3.87. The number of benzene rings is 2. The van der Waals surface area contributed by atoms with E-state index in [1.165, 1.54) is 6.92 Å². The first-order valence-electron chi connectivity index (χ1n) is 7.49. The molecule has 0 unspecified atom stereocenters. The van der Waals surface area contributed by atoms with Crippen LogP contribution < -0.4 is 5.43 Å². The maximum Gasteiger partial charge on any atom is 0.375 e. The number of carbonyl (C=O) groups excluding carboxylic acids is 2. The zero-order valence-electron chi connectivity index (χ0n) is 13.2. The Balaban J connectivity index is 1.81. The standard InChI is InChI=1S/C19H13ClO5/c1-11(18(22)12-6-8-13(20)9-7-12)24-19(23)17-10-15(21)14-4-2-3-5-16(14)25-17/h2-11H,1H3/t11-/m0/s1. The smallest absolute Gasteiger partial charge is 0.375 e. The molecule has 0 aliphatic rings. The fraction of sp³-hybridized carbons (Fsp3) is 0.105. The van der Waals surface area contributed by atoms with Crippen LogP contribution in [-0.2, 0) is 4.74 Å². The van der Waals surface area contributed by atoms with E-state index in [9.17, 15) is 14.4 Å². The lowest BCUT2D eigenvalue weighted by Gasteiger charge is -2.12. The Hall–Kier alpha value is -2.92. The first kappa shape index (κ1) is 16.9. The Bertz CT molecular complexity index is 1000. The van der Waals surface area contributed by atoms with Crippen molar-refractivity contribution in [2.45, 2.75) is 13.0 Å². The third-order valence-corrected chi connectivity index (χ3v) is 3.87. The van der Waals surface area contributed by atoms with Gasteiger partial charge in [0.05, 0.1) is 5.39 Å². The van der Waals surface area contributed by atoms with Crippen LogP contribution in [0.5, 0.6) is 0 Å². The molecule has 1 aromatic heterocycles. The number of halogens is 1. The molecule has 0 saturated heterocycles. The average Bonchev–Trinajstić information content (AvgIpc) is 2.61. The van der Waals surface area contributed by atoms with E-state index >= 15 is 0 Å². The monoisotopic (exact) mass is 356 g/mol. The van der Waals surface area contributed by atoms with E-state index in [1.807, 2.05) is 0 Å². The summed E-state index contributed by atoms with van der Waals surface area (Å²) in [5, 5.41) is 0.864. The molecule has 5 nitrogen and oxygen atoms in total. The molecule has 0 aliphatic heterocycles. The molecule has 0 saturated carbocycles. The molecule has 3 aromatic rings. The molecular weight excluding hydrogens is 344 g/mol. The van der Waals surface area contributed by atoms with Gasteiger partial charge in [0, 0.05) is 16.7 Å². The molecule has 25 heavy (non-hydrogen) atoms. The van der Waals surface area contributed by atoms with Crippen LogP contribution in [0, 0.1) is 0 Å². The van der Waals surface area contributed by atoms with E-state index in [-0.39, 0.29) is 22.6 Å². The van der Waals surface area contributed by atoms with Gasteiger partial charge in [0.1, 0.15) is 5.58 Å². The van der Waals surface area contributed by atoms with E-state index < -0.39 is 12.1 Å². The second-order valence-electron chi connectivity index (χ2n) is 5.39. The van der Waals surface area contributed by atoms with Gasteiger partial charge in [-0.3, -0.25) is 9.59 Å². The first-order valence-corrected chi connectivity index (χ1v) is 7.87. The first-order chi connectivity index (χ1) is 12.0. The second-order valence-corrected chi connectivity index (χ2v) is 5.83. The van der Waals surface area contributed by atoms with Crippen molar-refractivity contribution in [2.24, 2.45) is 0 Å². The van der Waals surface area contributed by atoms with Gasteiger partial charge in [-0.25, -0.2) is 4.79 Å². The molecule has 3 rings (SSSR count). The Morgan fingerprint density at radius 3 is 2.48 bits per heavy atom. The number of fused-ring (bicyclic) bond motifs is 1. The van der Waals surface area contributed by atoms with Gasteiger partial charge < -0.3 is 9.15 Å². The van der Waals surface area contributed by atoms with Gasteiger partial charge in [-0.05, 0) is 43.3 Å². The molecule has 0 aliphatic carbocycles. The highest BCUT2D eigenvalue weighted by Crippen LogP contribution is 2.15. The second kappa shape index (κ2) is 6.91. The predicted molar refractivity (Wildman–Crippen MR) is 93.1 cm³/mol. The summed E-state index contributed by atoms with van der Waals surface area (Å²) in [5.41, 5.74) is 0.286. The highest BCUT2D eigenvalue weighted by molar-refractivity contribution is 6.30. The van der Waals surface area contributed by atoms with Crippen LogP contribution in [0.15, 0.2) is 63.8 Å². The molecule has 126 valence electrons. The number of hydrogen-bond donors (Lipinski definition) is 0. The molecule has 6 heteroatoms. The molecule has 0 spiro atoms. The summed E-state index contributed by atoms with van der Waals surface area (Å²) in [6, 6.07) is 13.9. The van der Waals surface area contributed by atoms with Crippen molar-refractivity contribution in [1.82, 2.24) is 0 Å². The molecule has 0 bridgehead atoms. The quantitative estimate of drug-likeness (QED) is 0.524. The molecule has 0 fully saturated rings. The number of ether oxygens (including phenoxy) is 1. The third-order valence-electron chi connectivity index (χ3n) is 3.62. The Labute approximate surface area is 147 Å². The number of hydrogen-bond acceptors (Lipinski definition) is 5. The molecule has 0 amide bonds. The van der Waals surface area contributed by atoms with Crippen LogP contribution in [0.4, 0.5) is 0 Å². The fourth-order valence-corrected chi connectivity index (χ4v) is 2.45. The minimum absolute atomic E-state index is 0.251. The van der Waals surface area contributed by atoms with E-state index in [0.717, 1.165) is 6.07 Å². The summed E-state index contributed by atoms with van der Waals surface area (Å²) >= 11 is 5.78. The molecule has 0 radical (unpaired) electrons.